The zero-order valence-electron chi connectivity index (χ0n) is 16.5. The molecule has 0 spiro atoms. The minimum Gasteiger partial charge on any atom is -0.438 e. The van der Waals surface area contributed by atoms with Crippen LogP contribution < -0.4 is 5.32 Å². The molecule has 0 bridgehead atoms. The Kier molecular flexibility index (Phi) is 4.80. The van der Waals surface area contributed by atoms with E-state index in [-0.39, 0.29) is 11.8 Å². The Morgan fingerprint density at radius 3 is 2.97 bits per heavy atom. The Labute approximate surface area is 182 Å². The van der Waals surface area contributed by atoms with Crippen LogP contribution in [0.5, 0.6) is 0 Å². The van der Waals surface area contributed by atoms with Gasteiger partial charge in [-0.05, 0) is 36.2 Å². The second-order valence-corrected chi connectivity index (χ2v) is 7.78. The van der Waals surface area contributed by atoms with Gasteiger partial charge in [-0.3, -0.25) is 9.78 Å². The summed E-state index contributed by atoms with van der Waals surface area (Å²) in [5.74, 6) is -0.270. The number of aromatic nitrogens is 4. The third-order valence-electron chi connectivity index (χ3n) is 5.51. The van der Waals surface area contributed by atoms with E-state index in [2.05, 4.69) is 20.3 Å². The van der Waals surface area contributed by atoms with Crippen molar-refractivity contribution >= 4 is 23.2 Å². The lowest BCUT2D eigenvalue weighted by molar-refractivity contribution is 0.0996. The molecule has 2 unspecified atom stereocenters. The van der Waals surface area contributed by atoms with Gasteiger partial charge in [-0.25, -0.2) is 9.97 Å². The first-order valence-corrected chi connectivity index (χ1v) is 10.1. The predicted molar refractivity (Wildman–Crippen MR) is 114 cm³/mol. The molecule has 1 aromatic carbocycles. The number of carbonyl (C=O) groups is 1. The van der Waals surface area contributed by atoms with Gasteiger partial charge in [-0.1, -0.05) is 17.7 Å². The molecule has 0 fully saturated rings. The average molecular weight is 436 g/mol. The number of hydrogen-bond acceptors (Lipinski definition) is 6. The average Bonchev–Trinajstić information content (AvgIpc) is 3.46. The van der Waals surface area contributed by atoms with Crippen molar-refractivity contribution in [1.82, 2.24) is 19.5 Å². The number of hydrogen-bond donors (Lipinski definition) is 2. The van der Waals surface area contributed by atoms with Gasteiger partial charge in [0.25, 0.3) is 5.91 Å². The van der Waals surface area contributed by atoms with Gasteiger partial charge < -0.3 is 19.4 Å². The maximum Gasteiger partial charge on any atom is 0.293 e. The Morgan fingerprint density at radius 1 is 1.32 bits per heavy atom. The van der Waals surface area contributed by atoms with Gasteiger partial charge in [0.05, 0.1) is 36.1 Å². The van der Waals surface area contributed by atoms with E-state index in [0.29, 0.717) is 28.4 Å². The van der Waals surface area contributed by atoms with Crippen LogP contribution in [0.2, 0.25) is 5.02 Å². The Morgan fingerprint density at radius 2 is 2.19 bits per heavy atom. The lowest BCUT2D eigenvalue weighted by atomic mass is 9.96. The molecule has 0 aliphatic carbocycles. The molecular weight excluding hydrogens is 418 g/mol. The number of aryl methyl sites for hydroxylation is 1. The van der Waals surface area contributed by atoms with Crippen LogP contribution in [0.3, 0.4) is 0 Å². The maximum atomic E-state index is 12.3. The molecule has 5 rings (SSSR count). The third-order valence-corrected chi connectivity index (χ3v) is 5.83. The van der Waals surface area contributed by atoms with Gasteiger partial charge in [-0.2, -0.15) is 0 Å². The number of aliphatic hydroxyl groups excluding tert-OH is 1. The molecule has 2 N–H and O–H groups in total. The van der Waals surface area contributed by atoms with E-state index in [1.807, 2.05) is 16.8 Å². The van der Waals surface area contributed by atoms with E-state index >= 15 is 0 Å². The van der Waals surface area contributed by atoms with Gasteiger partial charge in [0.15, 0.2) is 6.39 Å². The van der Waals surface area contributed by atoms with E-state index in [1.54, 1.807) is 43.8 Å². The van der Waals surface area contributed by atoms with Crippen molar-refractivity contribution in [3.8, 4) is 11.3 Å². The molecule has 8 nitrogen and oxygen atoms in total. The van der Waals surface area contributed by atoms with Gasteiger partial charge >= 0.3 is 0 Å². The van der Waals surface area contributed by atoms with Crippen molar-refractivity contribution in [2.75, 3.05) is 5.32 Å². The normalized spacial score (nSPS) is 15.4. The summed E-state index contributed by atoms with van der Waals surface area (Å²) in [6, 6.07) is 6.91. The summed E-state index contributed by atoms with van der Waals surface area (Å²) in [4.78, 5) is 24.7. The van der Waals surface area contributed by atoms with Crippen LogP contribution in [0.15, 0.2) is 60.0 Å². The number of amides is 1. The van der Waals surface area contributed by atoms with Crippen molar-refractivity contribution in [2.24, 2.45) is 0 Å². The number of benzene rings is 1. The maximum absolute atomic E-state index is 12.3. The van der Waals surface area contributed by atoms with Crippen molar-refractivity contribution in [3.63, 3.8) is 0 Å². The highest BCUT2D eigenvalue weighted by atomic mass is 35.5. The monoisotopic (exact) mass is 435 g/mol. The molecule has 9 heteroatoms. The molecule has 4 aromatic rings. The highest BCUT2D eigenvalue weighted by molar-refractivity contribution is 6.31. The topological polar surface area (TPSA) is 106 Å². The fourth-order valence-corrected chi connectivity index (χ4v) is 4.29. The lowest BCUT2D eigenvalue weighted by Crippen LogP contribution is -2.13. The van der Waals surface area contributed by atoms with Crippen molar-refractivity contribution in [2.45, 2.75) is 25.5 Å². The van der Waals surface area contributed by atoms with Crippen LogP contribution in [-0.4, -0.2) is 30.5 Å². The van der Waals surface area contributed by atoms with E-state index in [4.69, 9.17) is 16.0 Å². The first kappa shape index (κ1) is 19.5. The molecule has 1 aliphatic heterocycles. The van der Waals surface area contributed by atoms with Crippen LogP contribution in [-0.2, 0) is 0 Å². The van der Waals surface area contributed by atoms with Crippen LogP contribution in [0.4, 0.5) is 5.69 Å². The van der Waals surface area contributed by atoms with E-state index in [0.717, 1.165) is 16.8 Å². The summed E-state index contributed by atoms with van der Waals surface area (Å²) in [5.41, 5.74) is 4.67. The minimum absolute atomic E-state index is 0.0737. The van der Waals surface area contributed by atoms with E-state index < -0.39 is 12.0 Å². The molecule has 0 saturated carbocycles. The largest absolute Gasteiger partial charge is 0.438 e. The van der Waals surface area contributed by atoms with E-state index in [1.165, 1.54) is 6.39 Å². The SMILES string of the molecule is Cc1ncoc1C(=O)Nc1ccc(C(O)CC2c3ccncc3-c3cncn32)c(Cl)c1. The zero-order chi connectivity index (χ0) is 21.5. The highest BCUT2D eigenvalue weighted by Crippen LogP contribution is 2.43. The van der Waals surface area contributed by atoms with Crippen LogP contribution >= 0.6 is 11.6 Å². The van der Waals surface area contributed by atoms with Gasteiger partial charge in [0, 0.05) is 35.1 Å². The first-order chi connectivity index (χ1) is 15.0. The van der Waals surface area contributed by atoms with Crippen molar-refractivity contribution < 1.29 is 14.3 Å². The van der Waals surface area contributed by atoms with Gasteiger partial charge in [-0.15, -0.1) is 0 Å². The molecule has 1 amide bonds. The third kappa shape index (κ3) is 3.39. The molecule has 0 saturated heterocycles. The fourth-order valence-electron chi connectivity index (χ4n) is 3.98. The second kappa shape index (κ2) is 7.64. The molecule has 3 aromatic heterocycles. The molecule has 0 radical (unpaired) electrons. The molecule has 2 atom stereocenters. The smallest absolute Gasteiger partial charge is 0.293 e. The number of aliphatic hydroxyl groups is 1. The van der Waals surface area contributed by atoms with Crippen molar-refractivity contribution in [3.05, 3.63) is 83.2 Å². The summed E-state index contributed by atoms with van der Waals surface area (Å²) in [7, 11) is 0. The number of fused-ring (bicyclic) bond motifs is 3. The van der Waals surface area contributed by atoms with Crippen LogP contribution in [0.25, 0.3) is 11.3 Å². The summed E-state index contributed by atoms with van der Waals surface area (Å²) >= 11 is 6.45. The molecule has 156 valence electrons. The fraction of sp³-hybridized carbons (Fsp3) is 0.182. The number of imidazole rings is 1. The number of pyridine rings is 1. The number of anilines is 1. The Balaban J connectivity index is 1.35. The molecule has 1 aliphatic rings. The number of rotatable bonds is 5. The molecular formula is C22H18ClN5O3. The quantitative estimate of drug-likeness (QED) is 0.487. The lowest BCUT2D eigenvalue weighted by Gasteiger charge is -2.20. The standard InChI is InChI=1S/C22H18ClN5O3/c1-12-21(31-11-26-12)22(30)27-13-2-3-15(17(23)6-13)20(29)7-18-14-4-5-24-8-16(14)19-9-25-10-28(18)19/h2-6,8-11,18,20,29H,7H2,1H3,(H,27,30). The summed E-state index contributed by atoms with van der Waals surface area (Å²) in [6.07, 6.45) is 7.96. The van der Waals surface area contributed by atoms with Crippen LogP contribution in [0, 0.1) is 6.92 Å². The summed E-state index contributed by atoms with van der Waals surface area (Å²) in [5, 5.41) is 14.1. The minimum atomic E-state index is -0.812. The van der Waals surface area contributed by atoms with Gasteiger partial charge in [0.1, 0.15) is 0 Å². The van der Waals surface area contributed by atoms with Crippen molar-refractivity contribution in [1.29, 1.82) is 0 Å². The number of nitrogens with one attached hydrogen (secondary N) is 1. The van der Waals surface area contributed by atoms with Gasteiger partial charge in [0.2, 0.25) is 5.76 Å². The van der Waals surface area contributed by atoms with Crippen LogP contribution in [0.1, 0.15) is 45.9 Å². The van der Waals surface area contributed by atoms with E-state index in [9.17, 15) is 9.90 Å². The Hall–Kier alpha value is -3.49. The first-order valence-electron chi connectivity index (χ1n) is 9.68. The molecule has 31 heavy (non-hydrogen) atoms. The summed E-state index contributed by atoms with van der Waals surface area (Å²) < 4.78 is 7.15. The predicted octanol–water partition coefficient (Wildman–Crippen LogP) is 4.17. The second-order valence-electron chi connectivity index (χ2n) is 7.37. The number of carbonyl (C=O) groups excluding carboxylic acids is 1. The number of nitrogens with zero attached hydrogens (tertiary/aromatic N) is 4. The zero-order valence-corrected chi connectivity index (χ0v) is 17.2. The number of halogens is 1. The Bertz CT molecular complexity index is 1280. The highest BCUT2D eigenvalue weighted by Gasteiger charge is 2.31. The number of oxazole rings is 1. The summed E-state index contributed by atoms with van der Waals surface area (Å²) in [6.45, 7) is 1.69. The molecule has 4 heterocycles.